The average Bonchev–Trinajstić information content (AvgIpc) is 2.37. The number of morpholine rings is 1. The van der Waals surface area contributed by atoms with Gasteiger partial charge in [0.2, 0.25) is 0 Å². The number of carbonyl (C=O) groups excluding carboxylic acids is 1. The highest BCUT2D eigenvalue weighted by molar-refractivity contribution is 6.30. The second-order valence-electron chi connectivity index (χ2n) is 5.93. The molecule has 0 unspecified atom stereocenters. The third-order valence-electron chi connectivity index (χ3n) is 3.77. The first kappa shape index (κ1) is 16.3. The Kier molecular flexibility index (Phi) is 5.62. The Bertz CT molecular complexity index is 468. The van der Waals surface area contributed by atoms with Crippen LogP contribution in [0.3, 0.4) is 0 Å². The predicted molar refractivity (Wildman–Crippen MR) is 83.6 cm³/mol. The average molecular weight is 312 g/mol. The molecule has 1 aliphatic rings. The lowest BCUT2D eigenvalue weighted by Crippen LogP contribution is -3.16. The van der Waals surface area contributed by atoms with E-state index < -0.39 is 0 Å². The summed E-state index contributed by atoms with van der Waals surface area (Å²) in [5.74, 6) is 0.0775. The summed E-state index contributed by atoms with van der Waals surface area (Å²) >= 11 is 5.88. The molecule has 0 aliphatic carbocycles. The van der Waals surface area contributed by atoms with Crippen LogP contribution in [-0.4, -0.2) is 37.7 Å². The first-order chi connectivity index (χ1) is 9.94. The summed E-state index contributed by atoms with van der Waals surface area (Å²) in [6, 6.07) is 7.56. The van der Waals surface area contributed by atoms with Crippen LogP contribution >= 0.6 is 11.6 Å². The molecule has 1 amide bonds. The summed E-state index contributed by atoms with van der Waals surface area (Å²) in [6.07, 6.45) is 0.426. The predicted octanol–water partition coefficient (Wildman–Crippen LogP) is 1.21. The Balaban J connectivity index is 1.85. The van der Waals surface area contributed by atoms with Crippen LogP contribution in [0, 0.1) is 0 Å². The molecule has 21 heavy (non-hydrogen) atoms. The van der Waals surface area contributed by atoms with E-state index in [0.717, 1.165) is 18.7 Å². The van der Waals surface area contributed by atoms with Crippen LogP contribution in [0.2, 0.25) is 5.02 Å². The van der Waals surface area contributed by atoms with Gasteiger partial charge in [-0.05, 0) is 38.5 Å². The zero-order chi connectivity index (χ0) is 15.4. The van der Waals surface area contributed by atoms with E-state index in [-0.39, 0.29) is 24.2 Å². The number of carbonyl (C=O) groups is 1. The van der Waals surface area contributed by atoms with E-state index in [4.69, 9.17) is 16.3 Å². The van der Waals surface area contributed by atoms with Crippen LogP contribution in [0.4, 0.5) is 0 Å². The molecule has 1 aromatic rings. The number of quaternary nitrogens is 1. The first-order valence-electron chi connectivity index (χ1n) is 7.48. The summed E-state index contributed by atoms with van der Waals surface area (Å²) in [4.78, 5) is 13.5. The second kappa shape index (κ2) is 7.25. The van der Waals surface area contributed by atoms with E-state index in [1.807, 2.05) is 31.2 Å². The first-order valence-corrected chi connectivity index (χ1v) is 7.85. The van der Waals surface area contributed by atoms with Gasteiger partial charge in [-0.15, -0.1) is 0 Å². The highest BCUT2D eigenvalue weighted by atomic mass is 35.5. The zero-order valence-corrected chi connectivity index (χ0v) is 13.6. The highest BCUT2D eigenvalue weighted by Gasteiger charge is 2.27. The maximum atomic E-state index is 12.2. The van der Waals surface area contributed by atoms with Crippen molar-refractivity contribution in [3.8, 4) is 0 Å². The summed E-state index contributed by atoms with van der Waals surface area (Å²) in [5, 5.41) is 3.76. The molecule has 1 heterocycles. The molecule has 0 saturated carbocycles. The Morgan fingerprint density at radius 2 is 1.90 bits per heavy atom. The van der Waals surface area contributed by atoms with Crippen molar-refractivity contribution >= 4 is 17.5 Å². The van der Waals surface area contributed by atoms with Gasteiger partial charge in [-0.2, -0.15) is 0 Å². The summed E-state index contributed by atoms with van der Waals surface area (Å²) in [7, 11) is 0. The maximum absolute atomic E-state index is 12.2. The number of halogens is 1. The van der Waals surface area contributed by atoms with Crippen molar-refractivity contribution in [1.82, 2.24) is 5.32 Å². The Hall–Kier alpha value is -1.10. The third-order valence-corrected chi connectivity index (χ3v) is 4.03. The summed E-state index contributed by atoms with van der Waals surface area (Å²) < 4.78 is 5.69. The van der Waals surface area contributed by atoms with Crippen LogP contribution in [0.5, 0.6) is 0 Å². The SMILES string of the molecule is C[C@H](NC(=O)C[NH+]1C[C@H](C)O[C@@H](C)C1)c1ccc(Cl)cc1. The fourth-order valence-electron chi connectivity index (χ4n) is 2.89. The fraction of sp³-hybridized carbons (Fsp3) is 0.562. The van der Waals surface area contributed by atoms with Crippen molar-refractivity contribution in [3.63, 3.8) is 0 Å². The minimum absolute atomic E-state index is 0.00921. The second-order valence-corrected chi connectivity index (χ2v) is 6.37. The standard InChI is InChI=1S/C16H23ClN2O2/c1-11-8-19(9-12(2)21-11)10-16(20)18-13(3)14-4-6-15(17)7-5-14/h4-7,11-13H,8-10H2,1-3H3,(H,18,20)/p+1/t11-,12-,13-/m0/s1. The lowest BCUT2D eigenvalue weighted by Gasteiger charge is -2.32. The van der Waals surface area contributed by atoms with Gasteiger partial charge >= 0.3 is 0 Å². The molecular formula is C16H24ClN2O2+. The summed E-state index contributed by atoms with van der Waals surface area (Å²) in [6.45, 7) is 8.37. The number of hydrogen-bond donors (Lipinski definition) is 2. The number of rotatable bonds is 4. The minimum atomic E-state index is -0.00921. The Morgan fingerprint density at radius 3 is 2.48 bits per heavy atom. The van der Waals surface area contributed by atoms with E-state index in [1.165, 1.54) is 4.90 Å². The molecule has 0 radical (unpaired) electrons. The number of ether oxygens (including phenoxy) is 1. The maximum Gasteiger partial charge on any atom is 0.275 e. The van der Waals surface area contributed by atoms with E-state index in [0.29, 0.717) is 11.6 Å². The van der Waals surface area contributed by atoms with Gasteiger partial charge in [-0.25, -0.2) is 0 Å². The van der Waals surface area contributed by atoms with Gasteiger partial charge in [-0.3, -0.25) is 4.79 Å². The number of benzene rings is 1. The Labute approximate surface area is 131 Å². The van der Waals surface area contributed by atoms with Gasteiger partial charge in [-0.1, -0.05) is 23.7 Å². The molecule has 1 aliphatic heterocycles. The van der Waals surface area contributed by atoms with Crippen molar-refractivity contribution in [1.29, 1.82) is 0 Å². The lowest BCUT2D eigenvalue weighted by atomic mass is 10.1. The van der Waals surface area contributed by atoms with Gasteiger partial charge in [0.15, 0.2) is 6.54 Å². The molecule has 116 valence electrons. The lowest BCUT2D eigenvalue weighted by molar-refractivity contribution is -0.907. The fourth-order valence-corrected chi connectivity index (χ4v) is 3.01. The van der Waals surface area contributed by atoms with Crippen molar-refractivity contribution in [2.45, 2.75) is 39.0 Å². The van der Waals surface area contributed by atoms with Crippen LogP contribution in [0.1, 0.15) is 32.4 Å². The number of hydrogen-bond acceptors (Lipinski definition) is 2. The Morgan fingerprint density at radius 1 is 1.33 bits per heavy atom. The van der Waals surface area contributed by atoms with Gasteiger partial charge in [0.05, 0.1) is 6.04 Å². The normalized spacial score (nSPS) is 27.1. The molecule has 4 nitrogen and oxygen atoms in total. The zero-order valence-electron chi connectivity index (χ0n) is 12.9. The van der Waals surface area contributed by atoms with E-state index in [2.05, 4.69) is 19.2 Å². The monoisotopic (exact) mass is 311 g/mol. The van der Waals surface area contributed by atoms with Crippen molar-refractivity contribution in [3.05, 3.63) is 34.9 Å². The van der Waals surface area contributed by atoms with Gasteiger partial charge in [0.1, 0.15) is 25.3 Å². The van der Waals surface area contributed by atoms with Crippen LogP contribution < -0.4 is 10.2 Å². The van der Waals surface area contributed by atoms with Gasteiger partial charge < -0.3 is 15.0 Å². The van der Waals surface area contributed by atoms with E-state index >= 15 is 0 Å². The third kappa shape index (κ3) is 4.99. The molecule has 3 atom stereocenters. The molecular weight excluding hydrogens is 288 g/mol. The smallest absolute Gasteiger partial charge is 0.275 e. The van der Waals surface area contributed by atoms with Crippen LogP contribution in [0.25, 0.3) is 0 Å². The highest BCUT2D eigenvalue weighted by Crippen LogP contribution is 2.15. The molecule has 2 rings (SSSR count). The molecule has 1 fully saturated rings. The van der Waals surface area contributed by atoms with Crippen LogP contribution in [-0.2, 0) is 9.53 Å². The van der Waals surface area contributed by atoms with Crippen molar-refractivity contribution in [2.75, 3.05) is 19.6 Å². The molecule has 1 saturated heterocycles. The molecule has 2 N–H and O–H groups in total. The largest absolute Gasteiger partial charge is 0.364 e. The molecule has 5 heteroatoms. The van der Waals surface area contributed by atoms with Crippen molar-refractivity contribution < 1.29 is 14.4 Å². The molecule has 0 bridgehead atoms. The number of amides is 1. The van der Waals surface area contributed by atoms with E-state index in [9.17, 15) is 4.79 Å². The molecule has 1 aromatic carbocycles. The molecule has 0 aromatic heterocycles. The van der Waals surface area contributed by atoms with Gasteiger partial charge in [0.25, 0.3) is 5.91 Å². The summed E-state index contributed by atoms with van der Waals surface area (Å²) in [5.41, 5.74) is 1.06. The topological polar surface area (TPSA) is 42.8 Å². The van der Waals surface area contributed by atoms with Crippen molar-refractivity contribution in [2.24, 2.45) is 0 Å². The van der Waals surface area contributed by atoms with E-state index in [1.54, 1.807) is 0 Å². The molecule has 0 spiro atoms. The number of nitrogens with one attached hydrogen (secondary N) is 2. The minimum Gasteiger partial charge on any atom is -0.364 e. The van der Waals surface area contributed by atoms with Gasteiger partial charge in [0, 0.05) is 5.02 Å². The quantitative estimate of drug-likeness (QED) is 0.878. The van der Waals surface area contributed by atoms with Crippen LogP contribution in [0.15, 0.2) is 24.3 Å².